The minimum absolute atomic E-state index is 0.0350. The van der Waals surface area contributed by atoms with Crippen LogP contribution in [0.15, 0.2) is 0 Å². The van der Waals surface area contributed by atoms with Crippen LogP contribution in [0.1, 0.15) is 19.3 Å². The minimum atomic E-state index is -0.843. The van der Waals surface area contributed by atoms with Crippen LogP contribution >= 0.6 is 0 Å². The fraction of sp³-hybridized carbons (Fsp3) is 0.833. The number of rotatable bonds is 4. The van der Waals surface area contributed by atoms with E-state index in [-0.39, 0.29) is 18.4 Å². The van der Waals surface area contributed by atoms with Gasteiger partial charge >= 0.3 is 5.97 Å². The fourth-order valence-corrected chi connectivity index (χ4v) is 2.53. The topological polar surface area (TPSA) is 70.1 Å². The van der Waals surface area contributed by atoms with Crippen LogP contribution in [0.3, 0.4) is 0 Å². The SMILES string of the molecule is O=C(O)CC1COCCN1CC(=O)N1CCCC1. The maximum atomic E-state index is 12.0. The molecule has 1 atom stereocenters. The fourth-order valence-electron chi connectivity index (χ4n) is 2.53. The van der Waals surface area contributed by atoms with Crippen LogP contribution in [0.25, 0.3) is 0 Å². The summed E-state index contributed by atoms with van der Waals surface area (Å²) in [7, 11) is 0. The van der Waals surface area contributed by atoms with Crippen LogP contribution in [-0.4, -0.2) is 72.2 Å². The summed E-state index contributed by atoms with van der Waals surface area (Å²) in [6.07, 6.45) is 2.19. The molecule has 6 nitrogen and oxygen atoms in total. The number of carboxylic acids is 1. The first kappa shape index (κ1) is 13.3. The number of carboxylic acid groups (broad SMARTS) is 1. The number of nitrogens with zero attached hydrogens (tertiary/aromatic N) is 2. The molecule has 102 valence electrons. The molecule has 0 aromatic rings. The predicted molar refractivity (Wildman–Crippen MR) is 64.2 cm³/mol. The van der Waals surface area contributed by atoms with Gasteiger partial charge in [0.25, 0.3) is 0 Å². The van der Waals surface area contributed by atoms with Gasteiger partial charge in [-0.25, -0.2) is 0 Å². The lowest BCUT2D eigenvalue weighted by atomic mass is 10.1. The van der Waals surface area contributed by atoms with Crippen molar-refractivity contribution in [1.29, 1.82) is 0 Å². The van der Waals surface area contributed by atoms with Gasteiger partial charge in [0.05, 0.1) is 26.2 Å². The molecular formula is C12H20N2O4. The molecule has 1 N–H and O–H groups in total. The van der Waals surface area contributed by atoms with Crippen molar-refractivity contribution in [2.24, 2.45) is 0 Å². The smallest absolute Gasteiger partial charge is 0.305 e. The van der Waals surface area contributed by atoms with Crippen LogP contribution in [0.2, 0.25) is 0 Å². The van der Waals surface area contributed by atoms with Crippen molar-refractivity contribution in [3.8, 4) is 0 Å². The van der Waals surface area contributed by atoms with Gasteiger partial charge in [-0.2, -0.15) is 0 Å². The van der Waals surface area contributed by atoms with Gasteiger partial charge in [0.15, 0.2) is 0 Å². The third kappa shape index (κ3) is 3.43. The number of hydrogen-bond donors (Lipinski definition) is 1. The van der Waals surface area contributed by atoms with E-state index in [1.165, 1.54) is 0 Å². The highest BCUT2D eigenvalue weighted by Gasteiger charge is 2.28. The summed E-state index contributed by atoms with van der Waals surface area (Å²) in [6.45, 7) is 3.61. The lowest BCUT2D eigenvalue weighted by Crippen LogP contribution is -2.50. The summed E-state index contributed by atoms with van der Waals surface area (Å²) < 4.78 is 5.29. The highest BCUT2D eigenvalue weighted by molar-refractivity contribution is 5.78. The van der Waals surface area contributed by atoms with E-state index in [0.717, 1.165) is 25.9 Å². The second kappa shape index (κ2) is 6.15. The normalized spacial score (nSPS) is 25.3. The number of morpholine rings is 1. The predicted octanol–water partition coefficient (Wildman–Crippen LogP) is -0.216. The highest BCUT2D eigenvalue weighted by Crippen LogP contribution is 2.13. The van der Waals surface area contributed by atoms with Crippen molar-refractivity contribution < 1.29 is 19.4 Å². The lowest BCUT2D eigenvalue weighted by molar-refractivity contribution is -0.142. The second-order valence-corrected chi connectivity index (χ2v) is 4.88. The molecule has 2 fully saturated rings. The summed E-state index contributed by atoms with van der Waals surface area (Å²) in [5, 5.41) is 8.85. The highest BCUT2D eigenvalue weighted by atomic mass is 16.5. The van der Waals surface area contributed by atoms with Gasteiger partial charge in [-0.3, -0.25) is 14.5 Å². The van der Waals surface area contributed by atoms with E-state index in [1.807, 2.05) is 9.80 Å². The van der Waals surface area contributed by atoms with E-state index in [4.69, 9.17) is 9.84 Å². The summed E-state index contributed by atoms with van der Waals surface area (Å²) in [4.78, 5) is 26.6. The number of carbonyl (C=O) groups excluding carboxylic acids is 1. The molecule has 6 heteroatoms. The number of aliphatic carboxylic acids is 1. The minimum Gasteiger partial charge on any atom is -0.481 e. The molecule has 2 rings (SSSR count). The summed E-state index contributed by atoms with van der Waals surface area (Å²) >= 11 is 0. The van der Waals surface area contributed by atoms with E-state index >= 15 is 0 Å². The van der Waals surface area contributed by atoms with E-state index in [2.05, 4.69) is 0 Å². The number of ether oxygens (including phenoxy) is 1. The van der Waals surface area contributed by atoms with Crippen LogP contribution in [0.5, 0.6) is 0 Å². The Hall–Kier alpha value is -1.14. The van der Waals surface area contributed by atoms with Crippen molar-refractivity contribution in [2.45, 2.75) is 25.3 Å². The van der Waals surface area contributed by atoms with Crippen molar-refractivity contribution in [3.63, 3.8) is 0 Å². The monoisotopic (exact) mass is 256 g/mol. The van der Waals surface area contributed by atoms with Crippen LogP contribution < -0.4 is 0 Å². The molecule has 2 saturated heterocycles. The number of hydrogen-bond acceptors (Lipinski definition) is 4. The average molecular weight is 256 g/mol. The van der Waals surface area contributed by atoms with Crippen molar-refractivity contribution in [1.82, 2.24) is 9.80 Å². The van der Waals surface area contributed by atoms with Gasteiger partial charge in [-0.1, -0.05) is 0 Å². The molecule has 1 unspecified atom stereocenters. The maximum Gasteiger partial charge on any atom is 0.305 e. The molecule has 0 bridgehead atoms. The first-order valence-corrected chi connectivity index (χ1v) is 6.48. The van der Waals surface area contributed by atoms with Gasteiger partial charge in [-0.15, -0.1) is 0 Å². The zero-order valence-corrected chi connectivity index (χ0v) is 10.5. The molecule has 1 amide bonds. The Morgan fingerprint density at radius 1 is 1.22 bits per heavy atom. The van der Waals surface area contributed by atoms with Gasteiger partial charge < -0.3 is 14.7 Å². The molecule has 2 aliphatic heterocycles. The molecule has 2 heterocycles. The summed E-state index contributed by atoms with van der Waals surface area (Å²) in [5.41, 5.74) is 0. The molecule has 0 spiro atoms. The van der Waals surface area contributed by atoms with Crippen molar-refractivity contribution in [3.05, 3.63) is 0 Å². The van der Waals surface area contributed by atoms with E-state index in [1.54, 1.807) is 0 Å². The van der Waals surface area contributed by atoms with Gasteiger partial charge in [0.2, 0.25) is 5.91 Å². The van der Waals surface area contributed by atoms with Crippen LogP contribution in [-0.2, 0) is 14.3 Å². The first-order chi connectivity index (χ1) is 8.66. The van der Waals surface area contributed by atoms with Gasteiger partial charge in [0.1, 0.15) is 0 Å². The maximum absolute atomic E-state index is 12.0. The van der Waals surface area contributed by atoms with Crippen molar-refractivity contribution in [2.75, 3.05) is 39.4 Å². The Kier molecular flexibility index (Phi) is 4.54. The van der Waals surface area contributed by atoms with Crippen molar-refractivity contribution >= 4 is 11.9 Å². The van der Waals surface area contributed by atoms with Crippen LogP contribution in [0.4, 0.5) is 0 Å². The second-order valence-electron chi connectivity index (χ2n) is 4.88. The third-order valence-corrected chi connectivity index (χ3v) is 3.56. The molecule has 0 aromatic heterocycles. The summed E-state index contributed by atoms with van der Waals surface area (Å²) in [6, 6.07) is -0.178. The van der Waals surface area contributed by atoms with Crippen LogP contribution in [0, 0.1) is 0 Å². The standard InChI is InChI=1S/C12H20N2O4/c15-11(13-3-1-2-4-13)8-14-5-6-18-9-10(14)7-12(16)17/h10H,1-9H2,(H,16,17). The zero-order valence-electron chi connectivity index (χ0n) is 10.5. The largest absolute Gasteiger partial charge is 0.481 e. The lowest BCUT2D eigenvalue weighted by Gasteiger charge is -2.35. The Balaban J connectivity index is 1.88. The molecule has 0 radical (unpaired) electrons. The quantitative estimate of drug-likeness (QED) is 0.753. The zero-order chi connectivity index (χ0) is 13.0. The Morgan fingerprint density at radius 3 is 2.61 bits per heavy atom. The number of amides is 1. The molecule has 0 aromatic carbocycles. The third-order valence-electron chi connectivity index (χ3n) is 3.56. The Labute approximate surface area is 106 Å². The Morgan fingerprint density at radius 2 is 1.94 bits per heavy atom. The van der Waals surface area contributed by atoms with E-state index in [9.17, 15) is 9.59 Å². The molecule has 18 heavy (non-hydrogen) atoms. The van der Waals surface area contributed by atoms with Gasteiger partial charge in [-0.05, 0) is 12.8 Å². The summed E-state index contributed by atoms with van der Waals surface area (Å²) in [5.74, 6) is -0.728. The molecule has 2 aliphatic rings. The molecular weight excluding hydrogens is 236 g/mol. The first-order valence-electron chi connectivity index (χ1n) is 6.48. The van der Waals surface area contributed by atoms with Gasteiger partial charge in [0, 0.05) is 25.7 Å². The molecule has 0 aliphatic carbocycles. The number of carbonyl (C=O) groups is 2. The van der Waals surface area contributed by atoms with E-state index < -0.39 is 5.97 Å². The average Bonchev–Trinajstić information content (AvgIpc) is 2.84. The number of likely N-dealkylation sites (tertiary alicyclic amines) is 1. The molecule has 0 saturated carbocycles. The van der Waals surface area contributed by atoms with E-state index in [0.29, 0.717) is 26.3 Å². The Bertz CT molecular complexity index is 315.